The molecular weight excluding hydrogens is 412 g/mol. The van der Waals surface area contributed by atoms with Gasteiger partial charge in [-0.25, -0.2) is 4.79 Å². The molecule has 0 fully saturated rings. The van der Waals surface area contributed by atoms with Crippen LogP contribution in [0.3, 0.4) is 0 Å². The van der Waals surface area contributed by atoms with Crippen molar-refractivity contribution in [3.63, 3.8) is 0 Å². The highest BCUT2D eigenvalue weighted by Gasteiger charge is 2.30. The Morgan fingerprint density at radius 1 is 1.00 bits per heavy atom. The molecule has 0 heterocycles. The number of hydrogen-bond acceptors (Lipinski definition) is 5. The van der Waals surface area contributed by atoms with E-state index in [1.807, 2.05) is 48.5 Å². The number of carbonyl (C=O) groups is 3. The van der Waals surface area contributed by atoms with Crippen LogP contribution in [0.1, 0.15) is 43.7 Å². The number of nitrogens with one attached hydrogen (secondary N) is 2. The van der Waals surface area contributed by atoms with E-state index in [4.69, 9.17) is 9.84 Å². The highest BCUT2D eigenvalue weighted by molar-refractivity contribution is 5.89. The van der Waals surface area contributed by atoms with Gasteiger partial charge in [0.15, 0.2) is 0 Å². The largest absolute Gasteiger partial charge is 0.481 e. The van der Waals surface area contributed by atoms with Crippen LogP contribution in [0.25, 0.3) is 11.1 Å². The summed E-state index contributed by atoms with van der Waals surface area (Å²) in [6, 6.07) is 13.9. The van der Waals surface area contributed by atoms with Crippen molar-refractivity contribution in [2.75, 3.05) is 6.61 Å². The van der Waals surface area contributed by atoms with Crippen LogP contribution in [-0.4, -0.2) is 53.0 Å². The number of carbonyl (C=O) groups excluding carboxylic acids is 2. The first-order valence-electron chi connectivity index (χ1n) is 10.6. The van der Waals surface area contributed by atoms with Crippen molar-refractivity contribution >= 4 is 18.0 Å². The molecule has 0 bridgehead atoms. The molecule has 4 N–H and O–H groups in total. The molecule has 3 rings (SSSR count). The molecule has 8 heteroatoms. The maximum absolute atomic E-state index is 12.5. The first-order chi connectivity index (χ1) is 15.3. The van der Waals surface area contributed by atoms with Gasteiger partial charge in [0.25, 0.3) is 0 Å². The number of aliphatic hydroxyl groups excluding tert-OH is 1. The Bertz CT molecular complexity index is 946. The minimum Gasteiger partial charge on any atom is -0.481 e. The minimum absolute atomic E-state index is 0.0478. The normalized spacial score (nSPS) is 15.1. The Kier molecular flexibility index (Phi) is 7.48. The second-order valence-corrected chi connectivity index (χ2v) is 7.89. The molecule has 2 aromatic carbocycles. The number of aliphatic carboxylic acids is 1. The van der Waals surface area contributed by atoms with Crippen LogP contribution < -0.4 is 10.6 Å². The maximum Gasteiger partial charge on any atom is 0.407 e. The van der Waals surface area contributed by atoms with E-state index in [1.165, 1.54) is 0 Å². The molecule has 170 valence electrons. The van der Waals surface area contributed by atoms with Gasteiger partial charge in [0.05, 0.1) is 18.6 Å². The van der Waals surface area contributed by atoms with E-state index in [2.05, 4.69) is 10.6 Å². The molecule has 2 aromatic rings. The zero-order valence-corrected chi connectivity index (χ0v) is 18.1. The Labute approximate surface area is 186 Å². The minimum atomic E-state index is -1.32. The number of alkyl carbamates (subject to hydrolysis) is 1. The molecule has 3 unspecified atom stereocenters. The van der Waals surface area contributed by atoms with E-state index in [9.17, 15) is 19.5 Å². The SMILES string of the molecule is CCC(O)C(C)NC(=O)C(CC(=O)O)NC(=O)OCC1c2ccccc2-c2ccccc21. The quantitative estimate of drug-likeness (QED) is 0.475. The van der Waals surface area contributed by atoms with Gasteiger partial charge in [-0.15, -0.1) is 0 Å². The third-order valence-electron chi connectivity index (χ3n) is 5.70. The number of carboxylic acid groups (broad SMARTS) is 1. The predicted molar refractivity (Wildman–Crippen MR) is 118 cm³/mol. The van der Waals surface area contributed by atoms with Gasteiger partial charge in [-0.05, 0) is 35.6 Å². The van der Waals surface area contributed by atoms with Crippen LogP contribution in [-0.2, 0) is 14.3 Å². The number of fused-ring (bicyclic) bond motifs is 3. The van der Waals surface area contributed by atoms with Crippen LogP contribution >= 0.6 is 0 Å². The molecule has 0 aromatic heterocycles. The summed E-state index contributed by atoms with van der Waals surface area (Å²) in [6.07, 6.45) is -1.84. The average molecular weight is 440 g/mol. The lowest BCUT2D eigenvalue weighted by Gasteiger charge is -2.23. The zero-order chi connectivity index (χ0) is 23.3. The van der Waals surface area contributed by atoms with Crippen LogP contribution in [0.4, 0.5) is 4.79 Å². The Morgan fingerprint density at radius 3 is 2.09 bits per heavy atom. The summed E-state index contributed by atoms with van der Waals surface area (Å²) in [7, 11) is 0. The predicted octanol–water partition coefficient (Wildman–Crippen LogP) is 2.64. The summed E-state index contributed by atoms with van der Waals surface area (Å²) in [4.78, 5) is 36.1. The van der Waals surface area contributed by atoms with Gasteiger partial charge in [-0.2, -0.15) is 0 Å². The van der Waals surface area contributed by atoms with Crippen molar-refractivity contribution in [1.82, 2.24) is 10.6 Å². The van der Waals surface area contributed by atoms with Crippen molar-refractivity contribution in [1.29, 1.82) is 0 Å². The van der Waals surface area contributed by atoms with Crippen molar-refractivity contribution < 1.29 is 29.3 Å². The highest BCUT2D eigenvalue weighted by atomic mass is 16.5. The first-order valence-corrected chi connectivity index (χ1v) is 10.6. The Morgan fingerprint density at radius 2 is 1.56 bits per heavy atom. The van der Waals surface area contributed by atoms with Gasteiger partial charge >= 0.3 is 12.1 Å². The third kappa shape index (κ3) is 5.26. The molecule has 0 saturated carbocycles. The zero-order valence-electron chi connectivity index (χ0n) is 18.1. The Balaban J connectivity index is 1.65. The van der Waals surface area contributed by atoms with Crippen LogP contribution in [0.15, 0.2) is 48.5 Å². The third-order valence-corrected chi connectivity index (χ3v) is 5.70. The molecular formula is C24H28N2O6. The fourth-order valence-corrected chi connectivity index (χ4v) is 3.94. The molecule has 8 nitrogen and oxygen atoms in total. The van der Waals surface area contributed by atoms with E-state index in [0.29, 0.717) is 6.42 Å². The van der Waals surface area contributed by atoms with E-state index in [1.54, 1.807) is 13.8 Å². The first kappa shape index (κ1) is 23.3. The van der Waals surface area contributed by atoms with Crippen molar-refractivity contribution in [3.05, 3.63) is 59.7 Å². The summed E-state index contributed by atoms with van der Waals surface area (Å²) >= 11 is 0. The van der Waals surface area contributed by atoms with Crippen molar-refractivity contribution in [2.24, 2.45) is 0 Å². The lowest BCUT2D eigenvalue weighted by Crippen LogP contribution is -2.52. The number of carboxylic acids is 1. The number of benzene rings is 2. The fourth-order valence-electron chi connectivity index (χ4n) is 3.94. The van der Waals surface area contributed by atoms with Gasteiger partial charge in [0.1, 0.15) is 12.6 Å². The molecule has 1 aliphatic carbocycles. The lowest BCUT2D eigenvalue weighted by atomic mass is 9.98. The summed E-state index contributed by atoms with van der Waals surface area (Å²) in [5, 5.41) is 23.9. The molecule has 1 aliphatic rings. The molecule has 0 radical (unpaired) electrons. The van der Waals surface area contributed by atoms with Gasteiger partial charge in [-0.3, -0.25) is 9.59 Å². The van der Waals surface area contributed by atoms with E-state index >= 15 is 0 Å². The lowest BCUT2D eigenvalue weighted by molar-refractivity contribution is -0.140. The highest BCUT2D eigenvalue weighted by Crippen LogP contribution is 2.44. The summed E-state index contributed by atoms with van der Waals surface area (Å²) < 4.78 is 5.40. The summed E-state index contributed by atoms with van der Waals surface area (Å²) in [5.41, 5.74) is 4.26. The summed E-state index contributed by atoms with van der Waals surface area (Å²) in [5.74, 6) is -2.09. The van der Waals surface area contributed by atoms with Gasteiger partial charge in [0.2, 0.25) is 5.91 Å². The summed E-state index contributed by atoms with van der Waals surface area (Å²) in [6.45, 7) is 3.42. The van der Waals surface area contributed by atoms with Gasteiger partial charge in [-0.1, -0.05) is 55.5 Å². The molecule has 0 saturated heterocycles. The number of rotatable bonds is 9. The van der Waals surface area contributed by atoms with E-state index in [0.717, 1.165) is 22.3 Å². The monoisotopic (exact) mass is 440 g/mol. The van der Waals surface area contributed by atoms with Crippen LogP contribution in [0.5, 0.6) is 0 Å². The number of hydrogen-bond donors (Lipinski definition) is 4. The smallest absolute Gasteiger partial charge is 0.407 e. The van der Waals surface area contributed by atoms with Gasteiger partial charge in [0, 0.05) is 5.92 Å². The number of ether oxygens (including phenoxy) is 1. The second-order valence-electron chi connectivity index (χ2n) is 7.89. The van der Waals surface area contributed by atoms with Crippen molar-refractivity contribution in [2.45, 2.75) is 50.8 Å². The van der Waals surface area contributed by atoms with E-state index in [-0.39, 0.29) is 12.5 Å². The van der Waals surface area contributed by atoms with Gasteiger partial charge < -0.3 is 25.6 Å². The molecule has 0 spiro atoms. The average Bonchev–Trinajstić information content (AvgIpc) is 3.10. The van der Waals surface area contributed by atoms with Crippen LogP contribution in [0, 0.1) is 0 Å². The standard InChI is InChI=1S/C24H28N2O6/c1-3-21(27)14(2)25-23(30)20(12-22(28)29)26-24(31)32-13-19-17-10-6-4-8-15(17)16-9-5-7-11-18(16)19/h4-11,14,19-21,27H,3,12-13H2,1-2H3,(H,25,30)(H,26,31)(H,28,29). The number of amides is 2. The number of aliphatic hydroxyl groups is 1. The molecule has 32 heavy (non-hydrogen) atoms. The second kappa shape index (κ2) is 10.3. The maximum atomic E-state index is 12.5. The molecule has 3 atom stereocenters. The fraction of sp³-hybridized carbons (Fsp3) is 0.375. The molecule has 0 aliphatic heterocycles. The van der Waals surface area contributed by atoms with Crippen LogP contribution in [0.2, 0.25) is 0 Å². The van der Waals surface area contributed by atoms with Crippen molar-refractivity contribution in [3.8, 4) is 11.1 Å². The Hall–Kier alpha value is -3.39. The molecule has 2 amide bonds. The van der Waals surface area contributed by atoms with E-state index < -0.39 is 42.6 Å². The topological polar surface area (TPSA) is 125 Å².